The number of carbonyl (C=O) groups is 2. The summed E-state index contributed by atoms with van der Waals surface area (Å²) in [7, 11) is 2.64. The minimum Gasteiger partial charge on any atom is -0.377 e. The van der Waals surface area contributed by atoms with E-state index in [1.807, 2.05) is 6.92 Å². The Balaban J connectivity index is 1.61. The smallest absolute Gasteiger partial charge is 0.377 e. The third-order valence-corrected chi connectivity index (χ3v) is 6.32. The maximum Gasteiger partial charge on any atom is 0.413 e. The lowest BCUT2D eigenvalue weighted by molar-refractivity contribution is -0.190. The van der Waals surface area contributed by atoms with Crippen molar-refractivity contribution in [2.24, 2.45) is 5.92 Å². The molecule has 0 unspecified atom stereocenters. The summed E-state index contributed by atoms with van der Waals surface area (Å²) >= 11 is 6.02. The van der Waals surface area contributed by atoms with E-state index in [9.17, 15) is 22.8 Å². The van der Waals surface area contributed by atoms with E-state index in [0.717, 1.165) is 7.05 Å². The summed E-state index contributed by atoms with van der Waals surface area (Å²) in [5.41, 5.74) is 2.08. The SMILES string of the molecule is CO[C@@H](C)c1c(Nc2ccc([C@H](N(C)C(=O)[C@H]3CNC(=O)C3)C(F)(F)F)cc2)cnn2cc(Cl)nc12. The zero-order valence-electron chi connectivity index (χ0n) is 19.6. The molecule has 1 saturated heterocycles. The molecule has 192 valence electrons. The molecule has 0 aliphatic carbocycles. The molecule has 0 radical (unpaired) electrons. The number of methoxy groups -OCH3 is 1. The summed E-state index contributed by atoms with van der Waals surface area (Å²) < 4.78 is 49.0. The second kappa shape index (κ2) is 9.94. The summed E-state index contributed by atoms with van der Waals surface area (Å²) in [6.07, 6.45) is -2.13. The number of hydrogen-bond acceptors (Lipinski definition) is 6. The first-order chi connectivity index (χ1) is 17.0. The first-order valence-electron chi connectivity index (χ1n) is 11.0. The Labute approximate surface area is 209 Å². The van der Waals surface area contributed by atoms with Crippen molar-refractivity contribution in [2.75, 3.05) is 26.0 Å². The Bertz CT molecular complexity index is 1280. The number of imidazole rings is 1. The van der Waals surface area contributed by atoms with Crippen LogP contribution in [0.5, 0.6) is 0 Å². The lowest BCUT2D eigenvalue weighted by atomic mass is 10.0. The van der Waals surface area contributed by atoms with E-state index in [-0.39, 0.29) is 35.7 Å². The van der Waals surface area contributed by atoms with Crippen LogP contribution in [0.3, 0.4) is 0 Å². The number of rotatable bonds is 7. The molecule has 9 nitrogen and oxygen atoms in total. The molecule has 3 atom stereocenters. The zero-order chi connectivity index (χ0) is 26.2. The number of nitrogens with one attached hydrogen (secondary N) is 2. The standard InChI is InChI=1S/C23H24ClF3N6O3/c1-12(36-3)19-16(10-29-33-11-17(24)31-21(19)33)30-15-6-4-13(5-7-15)20(23(25,26)27)32(2)22(35)14-8-18(34)28-9-14/h4-7,10-12,14,20,30H,8-9H2,1-3H3,(H,28,34)/t12-,14+,20-/m0/s1. The fourth-order valence-electron chi connectivity index (χ4n) is 4.27. The molecule has 0 bridgehead atoms. The summed E-state index contributed by atoms with van der Waals surface area (Å²) in [4.78, 5) is 29.1. The zero-order valence-corrected chi connectivity index (χ0v) is 20.4. The highest BCUT2D eigenvalue weighted by Crippen LogP contribution is 2.39. The second-order valence-corrected chi connectivity index (χ2v) is 8.91. The normalized spacial score (nSPS) is 17.6. The number of ether oxygens (including phenoxy) is 1. The van der Waals surface area contributed by atoms with Gasteiger partial charge in [0.15, 0.2) is 11.7 Å². The van der Waals surface area contributed by atoms with Gasteiger partial charge in [0, 0.05) is 32.8 Å². The van der Waals surface area contributed by atoms with Crippen LogP contribution >= 0.6 is 11.6 Å². The third kappa shape index (κ3) is 5.09. The van der Waals surface area contributed by atoms with E-state index in [1.165, 1.54) is 35.9 Å². The van der Waals surface area contributed by atoms with Crippen molar-refractivity contribution in [3.05, 3.63) is 52.9 Å². The van der Waals surface area contributed by atoms with Gasteiger partial charge in [-0.1, -0.05) is 23.7 Å². The van der Waals surface area contributed by atoms with Crippen molar-refractivity contribution in [1.82, 2.24) is 24.8 Å². The van der Waals surface area contributed by atoms with E-state index >= 15 is 0 Å². The lowest BCUT2D eigenvalue weighted by Gasteiger charge is -2.32. The van der Waals surface area contributed by atoms with E-state index in [2.05, 4.69) is 20.7 Å². The Morgan fingerprint density at radius 3 is 2.61 bits per heavy atom. The van der Waals surface area contributed by atoms with Crippen molar-refractivity contribution < 1.29 is 27.5 Å². The van der Waals surface area contributed by atoms with Gasteiger partial charge in [0.1, 0.15) is 5.15 Å². The fraction of sp³-hybridized carbons (Fsp3) is 0.391. The summed E-state index contributed by atoms with van der Waals surface area (Å²) in [6, 6.07) is 3.41. The van der Waals surface area contributed by atoms with Gasteiger partial charge in [0.05, 0.1) is 35.7 Å². The largest absolute Gasteiger partial charge is 0.413 e. The number of aromatic nitrogens is 3. The van der Waals surface area contributed by atoms with Crippen molar-refractivity contribution >= 4 is 40.4 Å². The number of fused-ring (bicyclic) bond motifs is 1. The molecule has 1 aliphatic heterocycles. The van der Waals surface area contributed by atoms with Crippen LogP contribution in [0, 0.1) is 5.92 Å². The quantitative estimate of drug-likeness (QED) is 0.484. The Morgan fingerprint density at radius 1 is 1.33 bits per heavy atom. The van der Waals surface area contributed by atoms with Crippen LogP contribution in [0.2, 0.25) is 5.15 Å². The molecule has 1 fully saturated rings. The number of benzene rings is 1. The number of anilines is 2. The molecule has 2 aromatic heterocycles. The molecule has 2 amide bonds. The molecule has 4 rings (SSSR count). The first-order valence-corrected chi connectivity index (χ1v) is 11.4. The minimum atomic E-state index is -4.72. The molecule has 1 aromatic carbocycles. The summed E-state index contributed by atoms with van der Waals surface area (Å²) in [5, 5.41) is 10.2. The van der Waals surface area contributed by atoms with Gasteiger partial charge in [-0.2, -0.15) is 18.3 Å². The van der Waals surface area contributed by atoms with Gasteiger partial charge in [-0.05, 0) is 24.6 Å². The van der Waals surface area contributed by atoms with Gasteiger partial charge >= 0.3 is 6.18 Å². The van der Waals surface area contributed by atoms with Crippen LogP contribution < -0.4 is 10.6 Å². The average Bonchev–Trinajstić information content (AvgIpc) is 3.42. The number of amides is 2. The van der Waals surface area contributed by atoms with E-state index < -0.39 is 24.0 Å². The number of hydrogen-bond donors (Lipinski definition) is 2. The number of nitrogens with zero attached hydrogens (tertiary/aromatic N) is 4. The van der Waals surface area contributed by atoms with Gasteiger partial charge in [-0.15, -0.1) is 0 Å². The molecule has 3 heterocycles. The number of alkyl halides is 3. The van der Waals surface area contributed by atoms with Crippen molar-refractivity contribution in [3.63, 3.8) is 0 Å². The highest BCUT2D eigenvalue weighted by atomic mass is 35.5. The maximum atomic E-state index is 14.0. The Morgan fingerprint density at radius 2 is 2.03 bits per heavy atom. The molecule has 13 heteroatoms. The van der Waals surface area contributed by atoms with Crippen LogP contribution in [-0.2, 0) is 14.3 Å². The van der Waals surface area contributed by atoms with Crippen molar-refractivity contribution in [2.45, 2.75) is 31.7 Å². The third-order valence-electron chi connectivity index (χ3n) is 6.14. The Hall–Kier alpha value is -3.38. The molecule has 3 aromatic rings. The fourth-order valence-corrected chi connectivity index (χ4v) is 4.45. The van der Waals surface area contributed by atoms with E-state index in [1.54, 1.807) is 12.4 Å². The second-order valence-electron chi connectivity index (χ2n) is 8.53. The van der Waals surface area contributed by atoms with Gasteiger partial charge < -0.3 is 20.3 Å². The molecule has 36 heavy (non-hydrogen) atoms. The highest BCUT2D eigenvalue weighted by Gasteiger charge is 2.46. The number of carbonyl (C=O) groups excluding carboxylic acids is 2. The Kier molecular flexibility index (Phi) is 7.10. The number of halogens is 4. The van der Waals surface area contributed by atoms with Crippen LogP contribution in [0.4, 0.5) is 24.5 Å². The van der Waals surface area contributed by atoms with Gasteiger partial charge in [0.2, 0.25) is 11.8 Å². The average molecular weight is 525 g/mol. The summed E-state index contributed by atoms with van der Waals surface area (Å²) in [6.45, 7) is 1.85. The van der Waals surface area contributed by atoms with Crippen molar-refractivity contribution in [3.8, 4) is 0 Å². The van der Waals surface area contributed by atoms with Crippen molar-refractivity contribution in [1.29, 1.82) is 0 Å². The molecule has 0 saturated carbocycles. The molecular formula is C23H24ClF3N6O3. The van der Waals surface area contributed by atoms with E-state index in [0.29, 0.717) is 27.5 Å². The predicted octanol–water partition coefficient (Wildman–Crippen LogP) is 4.03. The molecular weight excluding hydrogens is 501 g/mol. The summed E-state index contributed by atoms with van der Waals surface area (Å²) in [5.74, 6) is -1.92. The molecule has 1 aliphatic rings. The molecule has 2 N–H and O–H groups in total. The minimum absolute atomic E-state index is 0.0256. The van der Waals surface area contributed by atoms with Crippen LogP contribution in [0.15, 0.2) is 36.7 Å². The van der Waals surface area contributed by atoms with E-state index in [4.69, 9.17) is 16.3 Å². The van der Waals surface area contributed by atoms with Crippen LogP contribution in [-0.4, -0.2) is 58.2 Å². The highest BCUT2D eigenvalue weighted by molar-refractivity contribution is 6.29. The first kappa shape index (κ1) is 25.7. The van der Waals surface area contributed by atoms with Crippen LogP contribution in [0.25, 0.3) is 5.65 Å². The monoisotopic (exact) mass is 524 g/mol. The van der Waals surface area contributed by atoms with Gasteiger partial charge in [-0.25, -0.2) is 9.50 Å². The molecule has 0 spiro atoms. The maximum absolute atomic E-state index is 14.0. The topological polar surface area (TPSA) is 101 Å². The predicted molar refractivity (Wildman–Crippen MR) is 126 cm³/mol. The van der Waals surface area contributed by atoms with Gasteiger partial charge in [0.25, 0.3) is 0 Å². The lowest BCUT2D eigenvalue weighted by Crippen LogP contribution is -2.43. The van der Waals surface area contributed by atoms with Crippen LogP contribution in [0.1, 0.15) is 36.6 Å². The van der Waals surface area contributed by atoms with Gasteiger partial charge in [-0.3, -0.25) is 9.59 Å².